The minimum absolute atomic E-state index is 0.0394. The summed E-state index contributed by atoms with van der Waals surface area (Å²) in [7, 11) is 0. The first kappa shape index (κ1) is 25.6. The minimum atomic E-state index is -0.269. The molecule has 0 aliphatic carbocycles. The van der Waals surface area contributed by atoms with Crippen LogP contribution >= 0.6 is 0 Å². The van der Waals surface area contributed by atoms with Crippen LogP contribution in [-0.2, 0) is 9.59 Å². The van der Waals surface area contributed by atoms with E-state index in [1.54, 1.807) is 15.7 Å². The molecule has 0 saturated carbocycles. The Morgan fingerprint density at radius 1 is 0.892 bits per heavy atom. The van der Waals surface area contributed by atoms with Gasteiger partial charge in [-0.05, 0) is 30.2 Å². The second-order valence-corrected chi connectivity index (χ2v) is 8.79. The summed E-state index contributed by atoms with van der Waals surface area (Å²) in [6.45, 7) is 2.60. The Kier molecular flexibility index (Phi) is 9.02. The molecule has 0 aliphatic heterocycles. The Morgan fingerprint density at radius 3 is 2.22 bits per heavy atom. The summed E-state index contributed by atoms with van der Waals surface area (Å²) >= 11 is 0. The standard InChI is InChI=1S/C31H32N4O2/c1-2-3-13-22-34(31(37)21-20-25-14-7-4-8-15-25)24-30(36)32-29-23-28(26-16-9-5-10-17-26)33-35(29)27-18-11-6-12-19-27/h4-12,14-21,23H,2-3,13,22,24H2,1H3,(H,32,36). The number of hydrogen-bond donors (Lipinski definition) is 1. The predicted octanol–water partition coefficient (Wildman–Crippen LogP) is 6.21. The van der Waals surface area contributed by atoms with Gasteiger partial charge in [0.15, 0.2) is 0 Å². The SMILES string of the molecule is CCCCCN(CC(=O)Nc1cc(-c2ccccc2)nn1-c1ccccc1)C(=O)C=Cc1ccccc1. The second-order valence-electron chi connectivity index (χ2n) is 8.79. The van der Waals surface area contributed by atoms with Crippen molar-refractivity contribution in [3.05, 3.63) is 109 Å². The first-order valence-corrected chi connectivity index (χ1v) is 12.7. The summed E-state index contributed by atoms with van der Waals surface area (Å²) in [6.07, 6.45) is 6.19. The lowest BCUT2D eigenvalue weighted by molar-refractivity contribution is -0.130. The molecule has 3 aromatic carbocycles. The van der Waals surface area contributed by atoms with Crippen LogP contribution in [0.1, 0.15) is 31.7 Å². The van der Waals surface area contributed by atoms with Crippen LogP contribution in [0.4, 0.5) is 5.82 Å². The lowest BCUT2D eigenvalue weighted by Gasteiger charge is -2.21. The van der Waals surface area contributed by atoms with E-state index < -0.39 is 0 Å². The first-order valence-electron chi connectivity index (χ1n) is 12.7. The molecule has 0 spiro atoms. The van der Waals surface area contributed by atoms with Crippen LogP contribution in [0.25, 0.3) is 23.0 Å². The van der Waals surface area contributed by atoms with Gasteiger partial charge in [0.05, 0.1) is 11.4 Å². The van der Waals surface area contributed by atoms with Gasteiger partial charge in [0.25, 0.3) is 0 Å². The van der Waals surface area contributed by atoms with Crippen LogP contribution < -0.4 is 5.32 Å². The Bertz CT molecular complexity index is 1320. The molecule has 0 saturated heterocycles. The number of carbonyl (C=O) groups is 2. The largest absolute Gasteiger partial charge is 0.330 e. The second kappa shape index (κ2) is 13.0. The molecule has 0 aliphatic rings. The number of aromatic nitrogens is 2. The van der Waals surface area contributed by atoms with Crippen LogP contribution in [0.5, 0.6) is 0 Å². The third-order valence-corrected chi connectivity index (χ3v) is 5.94. The third kappa shape index (κ3) is 7.27. The molecular weight excluding hydrogens is 460 g/mol. The van der Waals surface area contributed by atoms with Crippen molar-refractivity contribution in [1.82, 2.24) is 14.7 Å². The average Bonchev–Trinajstić information content (AvgIpc) is 3.36. The fourth-order valence-electron chi connectivity index (χ4n) is 4.00. The smallest absolute Gasteiger partial charge is 0.247 e. The van der Waals surface area contributed by atoms with E-state index in [2.05, 4.69) is 12.2 Å². The van der Waals surface area contributed by atoms with Crippen LogP contribution in [0.3, 0.4) is 0 Å². The Balaban J connectivity index is 1.53. The maximum Gasteiger partial charge on any atom is 0.247 e. The molecular formula is C31H32N4O2. The highest BCUT2D eigenvalue weighted by Crippen LogP contribution is 2.24. The Morgan fingerprint density at radius 2 is 1.54 bits per heavy atom. The monoisotopic (exact) mass is 492 g/mol. The molecule has 4 rings (SSSR count). The number of unbranched alkanes of at least 4 members (excludes halogenated alkanes) is 2. The molecule has 37 heavy (non-hydrogen) atoms. The summed E-state index contributed by atoms with van der Waals surface area (Å²) in [5, 5.41) is 7.74. The normalized spacial score (nSPS) is 10.9. The van der Waals surface area contributed by atoms with Gasteiger partial charge in [0.1, 0.15) is 12.4 Å². The number of anilines is 1. The van der Waals surface area contributed by atoms with E-state index >= 15 is 0 Å². The fourth-order valence-corrected chi connectivity index (χ4v) is 4.00. The predicted molar refractivity (Wildman–Crippen MR) is 149 cm³/mol. The molecule has 6 nitrogen and oxygen atoms in total. The van der Waals surface area contributed by atoms with E-state index in [-0.39, 0.29) is 18.4 Å². The molecule has 0 radical (unpaired) electrons. The van der Waals surface area contributed by atoms with Gasteiger partial charge >= 0.3 is 0 Å². The number of nitrogens with one attached hydrogen (secondary N) is 1. The topological polar surface area (TPSA) is 67.2 Å². The Labute approximate surface area is 218 Å². The average molecular weight is 493 g/mol. The number of carbonyl (C=O) groups excluding carboxylic acids is 2. The number of benzene rings is 3. The quantitative estimate of drug-likeness (QED) is 0.200. The van der Waals surface area contributed by atoms with Gasteiger partial charge < -0.3 is 10.2 Å². The summed E-state index contributed by atoms with van der Waals surface area (Å²) in [5.74, 6) is 0.0992. The van der Waals surface area contributed by atoms with Crippen molar-refractivity contribution in [1.29, 1.82) is 0 Å². The molecule has 4 aromatic rings. The zero-order valence-electron chi connectivity index (χ0n) is 21.1. The van der Waals surface area contributed by atoms with Crippen molar-refractivity contribution in [2.75, 3.05) is 18.4 Å². The van der Waals surface area contributed by atoms with Crippen LogP contribution in [0.2, 0.25) is 0 Å². The number of hydrogen-bond acceptors (Lipinski definition) is 3. The lowest BCUT2D eigenvalue weighted by Crippen LogP contribution is -2.38. The van der Waals surface area contributed by atoms with Crippen LogP contribution in [0, 0.1) is 0 Å². The van der Waals surface area contributed by atoms with Crippen molar-refractivity contribution in [3.63, 3.8) is 0 Å². The lowest BCUT2D eigenvalue weighted by atomic mass is 10.1. The maximum atomic E-state index is 13.2. The molecule has 1 heterocycles. The van der Waals surface area contributed by atoms with Crippen molar-refractivity contribution in [3.8, 4) is 16.9 Å². The summed E-state index contributed by atoms with van der Waals surface area (Å²) in [6, 6.07) is 31.0. The van der Waals surface area contributed by atoms with Gasteiger partial charge in [-0.25, -0.2) is 4.68 Å². The Hall–Kier alpha value is -4.45. The minimum Gasteiger partial charge on any atom is -0.330 e. The molecule has 1 aromatic heterocycles. The highest BCUT2D eigenvalue weighted by atomic mass is 16.2. The fraction of sp³-hybridized carbons (Fsp3) is 0.194. The zero-order valence-corrected chi connectivity index (χ0v) is 21.1. The van der Waals surface area contributed by atoms with E-state index in [0.717, 1.165) is 41.8 Å². The van der Waals surface area contributed by atoms with Gasteiger partial charge in [-0.2, -0.15) is 5.10 Å². The van der Waals surface area contributed by atoms with E-state index in [1.807, 2.05) is 97.1 Å². The van der Waals surface area contributed by atoms with Crippen molar-refractivity contribution in [2.24, 2.45) is 0 Å². The maximum absolute atomic E-state index is 13.2. The third-order valence-electron chi connectivity index (χ3n) is 5.94. The molecule has 1 N–H and O–H groups in total. The molecule has 6 heteroatoms. The molecule has 0 fully saturated rings. The van der Waals surface area contributed by atoms with Crippen molar-refractivity contribution < 1.29 is 9.59 Å². The van der Waals surface area contributed by atoms with Crippen LogP contribution in [0.15, 0.2) is 103 Å². The summed E-state index contributed by atoms with van der Waals surface area (Å²) in [5.41, 5.74) is 3.48. The van der Waals surface area contributed by atoms with Gasteiger partial charge in [-0.15, -0.1) is 0 Å². The van der Waals surface area contributed by atoms with E-state index in [4.69, 9.17) is 5.10 Å². The number of amides is 2. The number of rotatable bonds is 11. The van der Waals surface area contributed by atoms with E-state index in [1.165, 1.54) is 6.08 Å². The summed E-state index contributed by atoms with van der Waals surface area (Å²) in [4.78, 5) is 27.8. The number of para-hydroxylation sites is 1. The van der Waals surface area contributed by atoms with E-state index in [0.29, 0.717) is 12.4 Å². The number of nitrogens with zero attached hydrogens (tertiary/aromatic N) is 3. The highest BCUT2D eigenvalue weighted by Gasteiger charge is 2.18. The highest BCUT2D eigenvalue weighted by molar-refractivity contribution is 5.98. The van der Waals surface area contributed by atoms with E-state index in [9.17, 15) is 9.59 Å². The van der Waals surface area contributed by atoms with Gasteiger partial charge in [-0.1, -0.05) is 98.6 Å². The summed E-state index contributed by atoms with van der Waals surface area (Å²) < 4.78 is 1.72. The van der Waals surface area contributed by atoms with Crippen LogP contribution in [-0.4, -0.2) is 39.6 Å². The van der Waals surface area contributed by atoms with Gasteiger partial charge in [0.2, 0.25) is 11.8 Å². The molecule has 188 valence electrons. The van der Waals surface area contributed by atoms with Gasteiger partial charge in [-0.3, -0.25) is 9.59 Å². The molecule has 0 unspecified atom stereocenters. The molecule has 2 amide bonds. The molecule has 0 atom stereocenters. The zero-order chi connectivity index (χ0) is 25.9. The van der Waals surface area contributed by atoms with Crippen molar-refractivity contribution in [2.45, 2.75) is 26.2 Å². The molecule has 0 bridgehead atoms. The van der Waals surface area contributed by atoms with Gasteiger partial charge in [0, 0.05) is 24.3 Å². The first-order chi connectivity index (χ1) is 18.1. The van der Waals surface area contributed by atoms with Crippen molar-refractivity contribution >= 4 is 23.7 Å².